The molecule has 0 spiro atoms. The van der Waals surface area contributed by atoms with Gasteiger partial charge in [-0.1, -0.05) is 36.4 Å². The monoisotopic (exact) mass is 449 g/mol. The Morgan fingerprint density at radius 2 is 1.59 bits per heavy atom. The van der Waals surface area contributed by atoms with E-state index in [1.807, 2.05) is 30.3 Å². The highest BCUT2D eigenvalue weighted by molar-refractivity contribution is 6.00. The Kier molecular flexibility index (Phi) is 6.90. The van der Waals surface area contributed by atoms with Gasteiger partial charge in [-0.05, 0) is 61.2 Å². The number of likely N-dealkylation sites (tertiary alicyclic amines) is 1. The molecule has 6 heteroatoms. The summed E-state index contributed by atoms with van der Waals surface area (Å²) < 4.78 is 0. The van der Waals surface area contributed by atoms with Gasteiger partial charge < -0.3 is 10.2 Å². The molecule has 6 nitrogen and oxygen atoms in total. The minimum absolute atomic E-state index is 0.0404. The fraction of sp³-hybridized carbons (Fsp3) is 0.286. The second-order valence-corrected chi connectivity index (χ2v) is 8.69. The first-order chi connectivity index (χ1) is 16.5. The molecule has 34 heavy (non-hydrogen) atoms. The van der Waals surface area contributed by atoms with Crippen LogP contribution in [0.15, 0.2) is 65.2 Å². The average Bonchev–Trinajstić information content (AvgIpc) is 3.42. The fourth-order valence-electron chi connectivity index (χ4n) is 4.58. The van der Waals surface area contributed by atoms with Crippen molar-refractivity contribution in [3.05, 3.63) is 82.4 Å². The zero-order valence-electron chi connectivity index (χ0n) is 19.3. The van der Waals surface area contributed by atoms with Crippen LogP contribution in [0.1, 0.15) is 42.0 Å². The van der Waals surface area contributed by atoms with Gasteiger partial charge in [-0.15, -0.1) is 0 Å². The highest BCUT2D eigenvalue weighted by atomic mass is 16.1. The Morgan fingerprint density at radius 1 is 1.00 bits per heavy atom. The van der Waals surface area contributed by atoms with E-state index in [0.717, 1.165) is 61.7 Å². The number of piperidine rings is 1. The lowest BCUT2D eigenvalue weighted by molar-refractivity contribution is -0.114. The smallest absolute Gasteiger partial charge is 0.194 e. The molecule has 0 amide bonds. The maximum Gasteiger partial charge on any atom is 0.194 e. The van der Waals surface area contributed by atoms with Crippen LogP contribution in [0.2, 0.25) is 0 Å². The maximum atomic E-state index is 13.0. The molecule has 4 rings (SSSR count). The summed E-state index contributed by atoms with van der Waals surface area (Å²) in [5, 5.41) is 21.5. The zero-order chi connectivity index (χ0) is 24.0. The van der Waals surface area contributed by atoms with E-state index in [1.165, 1.54) is 0 Å². The number of benzene rings is 2. The van der Waals surface area contributed by atoms with Crippen LogP contribution in [0.25, 0.3) is 12.2 Å². The summed E-state index contributed by atoms with van der Waals surface area (Å²) >= 11 is 0. The first-order valence-electron chi connectivity index (χ1n) is 11.5. The molecule has 1 saturated heterocycles. The van der Waals surface area contributed by atoms with E-state index < -0.39 is 5.41 Å². The molecule has 0 saturated carbocycles. The number of aliphatic imine (C=N–C) groups is 1. The number of nitrogens with one attached hydrogen (secondary N) is 1. The lowest BCUT2D eigenvalue weighted by atomic mass is 9.70. The van der Waals surface area contributed by atoms with Gasteiger partial charge in [0.05, 0.1) is 29.8 Å². The quantitative estimate of drug-likeness (QED) is 0.692. The van der Waals surface area contributed by atoms with E-state index in [0.29, 0.717) is 11.1 Å². The number of carbonyl (C=O) groups is 1. The van der Waals surface area contributed by atoms with Crippen molar-refractivity contribution < 1.29 is 4.79 Å². The number of nitriles is 2. The molecule has 1 fully saturated rings. The maximum absolute atomic E-state index is 13.0. The second-order valence-electron chi connectivity index (χ2n) is 8.69. The summed E-state index contributed by atoms with van der Waals surface area (Å²) in [7, 11) is 0. The summed E-state index contributed by atoms with van der Waals surface area (Å²) in [6, 6.07) is 19.0. The van der Waals surface area contributed by atoms with E-state index >= 15 is 0 Å². The molecular weight excluding hydrogens is 422 g/mol. The molecule has 0 bridgehead atoms. The van der Waals surface area contributed by atoms with Gasteiger partial charge in [-0.25, -0.2) is 0 Å². The van der Waals surface area contributed by atoms with Gasteiger partial charge >= 0.3 is 0 Å². The van der Waals surface area contributed by atoms with Crippen LogP contribution in [-0.4, -0.2) is 42.8 Å². The third-order valence-corrected chi connectivity index (χ3v) is 6.51. The number of hydrogen-bond donors (Lipinski definition) is 1. The van der Waals surface area contributed by atoms with Gasteiger partial charge in [0, 0.05) is 30.6 Å². The van der Waals surface area contributed by atoms with Gasteiger partial charge in [0.2, 0.25) is 0 Å². The van der Waals surface area contributed by atoms with Crippen molar-refractivity contribution in [3.63, 3.8) is 0 Å². The molecule has 0 aromatic heterocycles. The Morgan fingerprint density at radius 3 is 2.09 bits per heavy atom. The minimum Gasteiger partial charge on any atom is -0.354 e. The minimum atomic E-state index is -0.427. The third-order valence-electron chi connectivity index (χ3n) is 6.51. The number of hydrogen-bond acceptors (Lipinski definition) is 6. The van der Waals surface area contributed by atoms with Crippen LogP contribution in [0.3, 0.4) is 0 Å². The average molecular weight is 450 g/mol. The number of nitrogens with zero attached hydrogens (tertiary/aromatic N) is 4. The number of Topliss-reactive ketones (excluding diaryl/α,β-unsaturated/α-hetero) is 1. The van der Waals surface area contributed by atoms with E-state index in [4.69, 9.17) is 10.5 Å². The Labute approximate surface area is 200 Å². The predicted octanol–water partition coefficient (Wildman–Crippen LogP) is 4.16. The molecular formula is C28H27N5O. The molecule has 0 radical (unpaired) electrons. The second kappa shape index (κ2) is 10.2. The van der Waals surface area contributed by atoms with E-state index in [9.17, 15) is 4.79 Å². The van der Waals surface area contributed by atoms with Crippen molar-refractivity contribution in [3.8, 4) is 12.1 Å². The van der Waals surface area contributed by atoms with Gasteiger partial charge in [0.1, 0.15) is 0 Å². The SMILES string of the molecule is CC(=O)/C(=C/c1ccc(C#N)cc1)C1(/C=C\c2ccc(C#N)cc2)CCN(C2=NCCN2)CC1. The van der Waals surface area contributed by atoms with Crippen LogP contribution >= 0.6 is 0 Å². The Bertz CT molecular complexity index is 1220. The first-order valence-corrected chi connectivity index (χ1v) is 11.5. The van der Waals surface area contributed by atoms with Crippen molar-refractivity contribution >= 4 is 23.9 Å². The molecule has 2 heterocycles. The van der Waals surface area contributed by atoms with Gasteiger partial charge in [0.15, 0.2) is 11.7 Å². The van der Waals surface area contributed by atoms with Crippen molar-refractivity contribution in [2.75, 3.05) is 26.2 Å². The normalized spacial score (nSPS) is 17.6. The Balaban J connectivity index is 1.69. The fourth-order valence-corrected chi connectivity index (χ4v) is 4.58. The molecule has 2 aromatic rings. The number of carbonyl (C=O) groups excluding carboxylic acids is 1. The van der Waals surface area contributed by atoms with Crippen molar-refractivity contribution in [2.24, 2.45) is 10.4 Å². The standard InChI is InChI=1S/C28H27N5O/c1-21(34)26(18-23-4-8-25(20-30)9-5-23)28(11-10-22-2-6-24(19-29)7-3-22)12-16-33(17-13-28)27-31-14-15-32-27/h2-11,18H,12-17H2,1H3,(H,31,32)/b11-10-,26-18-. The zero-order valence-corrected chi connectivity index (χ0v) is 19.3. The highest BCUT2D eigenvalue weighted by Crippen LogP contribution is 2.42. The van der Waals surface area contributed by atoms with Crippen LogP contribution in [0, 0.1) is 28.1 Å². The van der Waals surface area contributed by atoms with Crippen LogP contribution in [0.5, 0.6) is 0 Å². The van der Waals surface area contributed by atoms with E-state index in [1.54, 1.807) is 31.2 Å². The molecule has 0 aliphatic carbocycles. The molecule has 170 valence electrons. The van der Waals surface area contributed by atoms with Crippen molar-refractivity contribution in [1.82, 2.24) is 10.2 Å². The summed E-state index contributed by atoms with van der Waals surface area (Å²) in [5.74, 6) is 0.990. The largest absolute Gasteiger partial charge is 0.354 e. The third kappa shape index (κ3) is 5.08. The van der Waals surface area contributed by atoms with E-state index in [-0.39, 0.29) is 5.78 Å². The Hall–Kier alpha value is -4.16. The number of ketones is 1. The van der Waals surface area contributed by atoms with Crippen LogP contribution < -0.4 is 5.32 Å². The number of rotatable bonds is 5. The van der Waals surface area contributed by atoms with Gasteiger partial charge in [-0.2, -0.15) is 10.5 Å². The van der Waals surface area contributed by atoms with Crippen molar-refractivity contribution in [1.29, 1.82) is 10.5 Å². The van der Waals surface area contributed by atoms with Crippen molar-refractivity contribution in [2.45, 2.75) is 19.8 Å². The molecule has 2 aromatic carbocycles. The lowest BCUT2D eigenvalue weighted by Gasteiger charge is -2.42. The summed E-state index contributed by atoms with van der Waals surface area (Å²) in [6.07, 6.45) is 7.74. The molecule has 2 aliphatic heterocycles. The van der Waals surface area contributed by atoms with Crippen LogP contribution in [0.4, 0.5) is 0 Å². The highest BCUT2D eigenvalue weighted by Gasteiger charge is 2.38. The number of allylic oxidation sites excluding steroid dienone is 2. The summed E-state index contributed by atoms with van der Waals surface area (Å²) in [4.78, 5) is 19.8. The summed E-state index contributed by atoms with van der Waals surface area (Å²) in [5.41, 5.74) is 3.44. The van der Waals surface area contributed by atoms with Gasteiger partial charge in [-0.3, -0.25) is 9.79 Å². The number of guanidine groups is 1. The molecule has 0 unspecified atom stereocenters. The molecule has 0 atom stereocenters. The topological polar surface area (TPSA) is 92.3 Å². The van der Waals surface area contributed by atoms with Crippen LogP contribution in [-0.2, 0) is 4.79 Å². The lowest BCUT2D eigenvalue weighted by Crippen LogP contribution is -2.47. The first kappa shape index (κ1) is 23.0. The molecule has 2 aliphatic rings. The predicted molar refractivity (Wildman–Crippen MR) is 134 cm³/mol. The van der Waals surface area contributed by atoms with E-state index in [2.05, 4.69) is 39.5 Å². The summed E-state index contributed by atoms with van der Waals surface area (Å²) in [6.45, 7) is 4.88. The van der Waals surface area contributed by atoms with Gasteiger partial charge in [0.25, 0.3) is 0 Å². The molecule has 1 N–H and O–H groups in total.